The quantitative estimate of drug-likeness (QED) is 0.174. The molecule has 0 aliphatic heterocycles. The molecule has 0 bridgehead atoms. The van der Waals surface area contributed by atoms with Crippen LogP contribution in [0, 0.1) is 5.82 Å². The average Bonchev–Trinajstić information content (AvgIpc) is 3.29. The van der Waals surface area contributed by atoms with E-state index in [0.717, 1.165) is 11.3 Å². The number of hydrogen-bond acceptors (Lipinski definition) is 11. The van der Waals surface area contributed by atoms with Crippen molar-refractivity contribution in [3.05, 3.63) is 48.7 Å². The van der Waals surface area contributed by atoms with E-state index >= 15 is 4.39 Å². The number of carbonyl (C=O) groups is 3. The average molecular weight is 537 g/mol. The predicted octanol–water partition coefficient (Wildman–Crippen LogP) is -5.23. The van der Waals surface area contributed by atoms with Crippen molar-refractivity contribution >= 4 is 50.6 Å². The van der Waals surface area contributed by atoms with E-state index < -0.39 is 36.2 Å². The summed E-state index contributed by atoms with van der Waals surface area (Å²) in [7, 11) is 0. The number of carboxylic acids is 2. The normalized spacial score (nSPS) is 11.0. The maximum absolute atomic E-state index is 15.7. The summed E-state index contributed by atoms with van der Waals surface area (Å²) in [5, 5.41) is 29.6. The van der Waals surface area contributed by atoms with Gasteiger partial charge in [0.25, 0.3) is 0 Å². The molecular weight excluding hydrogens is 519 g/mol. The SMILES string of the molecule is CCNC(=O)Nc1nc2c(F)c(-c3cnc(N[C@@H](CC(=O)[O-])C(=O)[O-])nc3)cc(-c3ccccn3)c2s1.[Li+].[Li+]. The molecular formula is C23H18FLi2N7O5S. The van der Waals surface area contributed by atoms with Crippen LogP contribution in [0.4, 0.5) is 20.3 Å². The first kappa shape index (κ1) is 31.7. The topological polar surface area (TPSA) is 185 Å². The van der Waals surface area contributed by atoms with Gasteiger partial charge in [-0.25, -0.2) is 24.1 Å². The second-order valence-electron chi connectivity index (χ2n) is 7.57. The molecule has 0 unspecified atom stereocenters. The second-order valence-corrected chi connectivity index (χ2v) is 8.57. The fourth-order valence-electron chi connectivity index (χ4n) is 3.39. The van der Waals surface area contributed by atoms with Crippen molar-refractivity contribution in [3.63, 3.8) is 0 Å². The number of carboxylic acid groups (broad SMARTS) is 2. The monoisotopic (exact) mass is 537 g/mol. The van der Waals surface area contributed by atoms with Crippen molar-refractivity contribution in [1.29, 1.82) is 0 Å². The Hall–Kier alpha value is -3.53. The number of aromatic nitrogens is 4. The number of pyridine rings is 1. The summed E-state index contributed by atoms with van der Waals surface area (Å²) in [6.45, 7) is 2.16. The van der Waals surface area contributed by atoms with Crippen LogP contribution in [-0.4, -0.2) is 50.5 Å². The van der Waals surface area contributed by atoms with Gasteiger partial charge in [-0.2, -0.15) is 0 Å². The third kappa shape index (κ3) is 7.53. The van der Waals surface area contributed by atoms with Gasteiger partial charge in [-0.05, 0) is 25.1 Å². The van der Waals surface area contributed by atoms with E-state index in [1.807, 2.05) is 0 Å². The van der Waals surface area contributed by atoms with E-state index in [-0.39, 0.29) is 65.4 Å². The maximum atomic E-state index is 15.7. The van der Waals surface area contributed by atoms with E-state index in [9.17, 15) is 24.6 Å². The molecule has 1 atom stereocenters. The molecule has 2 amide bonds. The minimum atomic E-state index is -1.67. The molecule has 0 aliphatic rings. The molecule has 0 aliphatic carbocycles. The van der Waals surface area contributed by atoms with E-state index in [4.69, 9.17) is 0 Å². The molecule has 39 heavy (non-hydrogen) atoms. The largest absolute Gasteiger partial charge is 1.00 e. The Morgan fingerprint density at radius 3 is 2.38 bits per heavy atom. The molecule has 4 rings (SSSR count). The molecule has 3 N–H and O–H groups in total. The third-order valence-electron chi connectivity index (χ3n) is 5.02. The Balaban J connectivity index is 0.00000267. The smallest absolute Gasteiger partial charge is 0.550 e. The van der Waals surface area contributed by atoms with Crippen molar-refractivity contribution < 1.29 is 66.7 Å². The summed E-state index contributed by atoms with van der Waals surface area (Å²) in [4.78, 5) is 50.5. The second kappa shape index (κ2) is 14.0. The van der Waals surface area contributed by atoms with Crippen LogP contribution in [0.5, 0.6) is 0 Å². The first-order valence-electron chi connectivity index (χ1n) is 10.9. The number of rotatable bonds is 9. The summed E-state index contributed by atoms with van der Waals surface area (Å²) >= 11 is 1.09. The van der Waals surface area contributed by atoms with Crippen molar-refractivity contribution in [2.45, 2.75) is 19.4 Å². The van der Waals surface area contributed by atoms with Gasteiger partial charge in [0.15, 0.2) is 10.9 Å². The standard InChI is InChI=1S/C23H20FN7O5S.2Li/c1-2-25-22(36)31-23-30-18-17(24)12(7-13(19(18)37-23)14-5-3-4-6-26-14)11-9-27-21(28-10-11)29-15(20(34)35)8-16(32)33;;/h3-7,9-10,15H,2,8H2,1H3,(H,32,33)(H,34,35)(H,27,28,29)(H2,25,30,31,36);;/q;2*+1/p-2/t15-;;/m0../s1. The number of fused-ring (bicyclic) bond motifs is 1. The fraction of sp³-hybridized carbons (Fsp3) is 0.174. The number of benzene rings is 1. The predicted molar refractivity (Wildman–Crippen MR) is 129 cm³/mol. The Morgan fingerprint density at radius 2 is 1.79 bits per heavy atom. The molecule has 0 radical (unpaired) electrons. The number of urea groups is 1. The van der Waals surface area contributed by atoms with Crippen LogP contribution in [0.25, 0.3) is 32.6 Å². The van der Waals surface area contributed by atoms with Gasteiger partial charge in [0, 0.05) is 54.2 Å². The number of anilines is 2. The number of amides is 2. The van der Waals surface area contributed by atoms with Gasteiger partial charge in [-0.15, -0.1) is 0 Å². The first-order chi connectivity index (χ1) is 17.8. The van der Waals surface area contributed by atoms with Crippen molar-refractivity contribution in [1.82, 2.24) is 25.3 Å². The zero-order chi connectivity index (χ0) is 26.5. The van der Waals surface area contributed by atoms with Crippen LogP contribution in [0.1, 0.15) is 13.3 Å². The molecule has 0 saturated heterocycles. The van der Waals surface area contributed by atoms with Gasteiger partial charge < -0.3 is 30.4 Å². The summed E-state index contributed by atoms with van der Waals surface area (Å²) in [5.74, 6) is -4.16. The number of carbonyl (C=O) groups excluding carboxylic acids is 3. The summed E-state index contributed by atoms with van der Waals surface area (Å²) in [6, 6.07) is 4.71. The minimum Gasteiger partial charge on any atom is -0.550 e. The molecule has 0 spiro atoms. The number of nitrogens with zero attached hydrogens (tertiary/aromatic N) is 4. The van der Waals surface area contributed by atoms with E-state index in [1.165, 1.54) is 12.4 Å². The van der Waals surface area contributed by atoms with E-state index in [2.05, 4.69) is 35.9 Å². The van der Waals surface area contributed by atoms with Crippen LogP contribution in [0.15, 0.2) is 42.9 Å². The van der Waals surface area contributed by atoms with Gasteiger partial charge in [0.2, 0.25) is 5.95 Å². The number of halogens is 1. The number of hydrogen-bond donors (Lipinski definition) is 3. The van der Waals surface area contributed by atoms with Crippen LogP contribution < -0.4 is 63.9 Å². The molecule has 1 aromatic carbocycles. The molecule has 16 heteroatoms. The van der Waals surface area contributed by atoms with Gasteiger partial charge in [-0.1, -0.05) is 17.4 Å². The molecule has 12 nitrogen and oxygen atoms in total. The van der Waals surface area contributed by atoms with E-state index in [0.29, 0.717) is 22.5 Å². The Bertz CT molecular complexity index is 1480. The van der Waals surface area contributed by atoms with Gasteiger partial charge >= 0.3 is 43.8 Å². The molecule has 0 fully saturated rings. The minimum absolute atomic E-state index is 0. The molecule has 0 saturated carbocycles. The van der Waals surface area contributed by atoms with Gasteiger partial charge in [-0.3, -0.25) is 10.3 Å². The maximum Gasteiger partial charge on any atom is 1.00 e. The van der Waals surface area contributed by atoms with Crippen molar-refractivity contribution in [2.75, 3.05) is 17.2 Å². The Kier molecular flexibility index (Phi) is 11.4. The van der Waals surface area contributed by atoms with Crippen LogP contribution in [-0.2, 0) is 9.59 Å². The number of thiazole rings is 1. The van der Waals surface area contributed by atoms with Crippen LogP contribution in [0.2, 0.25) is 0 Å². The van der Waals surface area contributed by atoms with Crippen molar-refractivity contribution in [2.24, 2.45) is 0 Å². The molecule has 4 aromatic rings. The fourth-order valence-corrected chi connectivity index (χ4v) is 4.37. The summed E-state index contributed by atoms with van der Waals surface area (Å²) < 4.78 is 16.1. The molecule has 3 aromatic heterocycles. The van der Waals surface area contributed by atoms with E-state index in [1.54, 1.807) is 37.4 Å². The molecule has 190 valence electrons. The summed E-state index contributed by atoms with van der Waals surface area (Å²) in [5.41, 5.74) is 1.42. The Labute approximate surface area is 249 Å². The summed E-state index contributed by atoms with van der Waals surface area (Å²) in [6.07, 6.45) is 3.21. The number of nitrogens with one attached hydrogen (secondary N) is 3. The zero-order valence-electron chi connectivity index (χ0n) is 21.1. The molecule has 3 heterocycles. The number of aliphatic carboxylic acids is 2. The zero-order valence-corrected chi connectivity index (χ0v) is 22.0. The van der Waals surface area contributed by atoms with Crippen LogP contribution >= 0.6 is 11.3 Å². The first-order valence-corrected chi connectivity index (χ1v) is 11.7. The van der Waals surface area contributed by atoms with Gasteiger partial charge in [0.1, 0.15) is 5.52 Å². The Morgan fingerprint density at radius 1 is 1.08 bits per heavy atom. The van der Waals surface area contributed by atoms with Gasteiger partial charge in [0.05, 0.1) is 22.4 Å². The van der Waals surface area contributed by atoms with Crippen LogP contribution in [0.3, 0.4) is 0 Å². The third-order valence-corrected chi connectivity index (χ3v) is 6.03. The van der Waals surface area contributed by atoms with Crippen molar-refractivity contribution in [3.8, 4) is 22.4 Å².